The van der Waals surface area contributed by atoms with Crippen molar-refractivity contribution in [2.24, 2.45) is 11.8 Å². The highest BCUT2D eigenvalue weighted by molar-refractivity contribution is 6.30. The monoisotopic (exact) mass is 385 g/mol. The highest BCUT2D eigenvalue weighted by Crippen LogP contribution is 2.32. The normalized spacial score (nSPS) is 19.2. The van der Waals surface area contributed by atoms with Gasteiger partial charge in [0.05, 0.1) is 25.4 Å². The summed E-state index contributed by atoms with van der Waals surface area (Å²) in [4.78, 5) is 39.4. The second-order valence-electron chi connectivity index (χ2n) is 6.57. The number of ketones is 1. The fourth-order valence-corrected chi connectivity index (χ4v) is 3.52. The molecule has 3 rings (SSSR count). The molecule has 0 unspecified atom stereocenters. The topological polar surface area (TPSA) is 63.7 Å². The zero-order chi connectivity index (χ0) is 19.4. The number of carbonyl (C=O) groups excluding carboxylic acids is 3. The number of halogens is 1. The lowest BCUT2D eigenvalue weighted by Crippen LogP contribution is -2.28. The Labute approximate surface area is 162 Å². The number of Topliss-reactive ketones (excluding diaryl/α,β-unsaturated/α-hetero) is 1. The number of nitrogens with zero attached hydrogens (tertiary/aromatic N) is 1. The molecule has 0 aliphatic carbocycles. The number of likely N-dealkylation sites (tertiary alicyclic amines) is 1. The van der Waals surface area contributed by atoms with Gasteiger partial charge in [0.15, 0.2) is 5.78 Å². The fraction of sp³-hybridized carbons (Fsp3) is 0.286. The van der Waals surface area contributed by atoms with E-state index in [9.17, 15) is 14.4 Å². The van der Waals surface area contributed by atoms with Crippen LogP contribution in [0, 0.1) is 11.8 Å². The van der Waals surface area contributed by atoms with Gasteiger partial charge < -0.3 is 9.64 Å². The fourth-order valence-electron chi connectivity index (χ4n) is 3.39. The van der Waals surface area contributed by atoms with Crippen molar-refractivity contribution in [2.75, 3.05) is 13.7 Å². The number of hydrogen-bond donors (Lipinski definition) is 0. The van der Waals surface area contributed by atoms with Crippen LogP contribution < -0.4 is 0 Å². The van der Waals surface area contributed by atoms with Crippen LogP contribution in [0.1, 0.15) is 22.3 Å². The predicted octanol–water partition coefficient (Wildman–Crippen LogP) is 3.36. The number of hydrogen-bond acceptors (Lipinski definition) is 4. The van der Waals surface area contributed by atoms with Crippen LogP contribution in [0.25, 0.3) is 0 Å². The lowest BCUT2D eigenvalue weighted by atomic mass is 9.86. The summed E-state index contributed by atoms with van der Waals surface area (Å²) in [6.45, 7) is 0.679. The van der Waals surface area contributed by atoms with Gasteiger partial charge in [-0.15, -0.1) is 0 Å². The predicted molar refractivity (Wildman–Crippen MR) is 101 cm³/mol. The van der Waals surface area contributed by atoms with Crippen LogP contribution in [0.3, 0.4) is 0 Å². The minimum absolute atomic E-state index is 0.107. The van der Waals surface area contributed by atoms with Crippen LogP contribution >= 0.6 is 11.6 Å². The van der Waals surface area contributed by atoms with Crippen molar-refractivity contribution in [2.45, 2.75) is 13.0 Å². The molecule has 0 spiro atoms. The van der Waals surface area contributed by atoms with E-state index in [-0.39, 0.29) is 24.7 Å². The molecule has 1 aliphatic heterocycles. The van der Waals surface area contributed by atoms with Gasteiger partial charge in [-0.3, -0.25) is 14.4 Å². The minimum atomic E-state index is -0.718. The third kappa shape index (κ3) is 4.37. The molecule has 2 aromatic carbocycles. The number of benzene rings is 2. The van der Waals surface area contributed by atoms with E-state index in [1.807, 2.05) is 30.3 Å². The molecular weight excluding hydrogens is 366 g/mol. The number of esters is 1. The molecule has 0 radical (unpaired) electrons. The molecule has 5 nitrogen and oxygen atoms in total. The van der Waals surface area contributed by atoms with Crippen molar-refractivity contribution < 1.29 is 19.1 Å². The number of ether oxygens (including phenoxy) is 1. The molecule has 1 aliphatic rings. The summed E-state index contributed by atoms with van der Waals surface area (Å²) in [7, 11) is 1.28. The van der Waals surface area contributed by atoms with Crippen molar-refractivity contribution in [3.63, 3.8) is 0 Å². The molecule has 2 atom stereocenters. The first kappa shape index (κ1) is 19.1. The average molecular weight is 386 g/mol. The molecule has 0 saturated carbocycles. The van der Waals surface area contributed by atoms with E-state index in [1.165, 1.54) is 7.11 Å². The van der Waals surface area contributed by atoms with Crippen LogP contribution in [-0.2, 0) is 20.9 Å². The number of carbonyl (C=O) groups is 3. The summed E-state index contributed by atoms with van der Waals surface area (Å²) in [6, 6.07) is 16.1. The lowest BCUT2D eigenvalue weighted by molar-refractivity contribution is -0.145. The summed E-state index contributed by atoms with van der Waals surface area (Å²) in [5, 5.41) is 0.533. The summed E-state index contributed by atoms with van der Waals surface area (Å²) in [5.74, 6) is -2.17. The molecule has 0 aromatic heterocycles. The van der Waals surface area contributed by atoms with Crippen molar-refractivity contribution >= 4 is 29.3 Å². The van der Waals surface area contributed by atoms with E-state index in [1.54, 1.807) is 29.2 Å². The first-order valence-electron chi connectivity index (χ1n) is 8.69. The van der Waals surface area contributed by atoms with E-state index in [0.29, 0.717) is 17.1 Å². The Bertz CT molecular complexity index is 835. The van der Waals surface area contributed by atoms with Crippen LogP contribution in [0.4, 0.5) is 0 Å². The van der Waals surface area contributed by atoms with E-state index >= 15 is 0 Å². The lowest BCUT2D eigenvalue weighted by Gasteiger charge is -2.16. The second kappa shape index (κ2) is 8.35. The van der Waals surface area contributed by atoms with Gasteiger partial charge in [0.2, 0.25) is 5.91 Å². The Kier molecular flexibility index (Phi) is 5.91. The number of amides is 1. The molecule has 0 bridgehead atoms. The van der Waals surface area contributed by atoms with Crippen molar-refractivity contribution in [1.29, 1.82) is 0 Å². The highest BCUT2D eigenvalue weighted by atomic mass is 35.5. The Balaban J connectivity index is 1.84. The average Bonchev–Trinajstić information content (AvgIpc) is 2.98. The van der Waals surface area contributed by atoms with Crippen LogP contribution in [0.15, 0.2) is 54.6 Å². The second-order valence-corrected chi connectivity index (χ2v) is 7.01. The first-order valence-corrected chi connectivity index (χ1v) is 9.06. The largest absolute Gasteiger partial charge is 0.469 e. The van der Waals surface area contributed by atoms with Gasteiger partial charge in [-0.2, -0.15) is 0 Å². The van der Waals surface area contributed by atoms with Crippen LogP contribution in [0.5, 0.6) is 0 Å². The summed E-state index contributed by atoms with van der Waals surface area (Å²) >= 11 is 5.89. The van der Waals surface area contributed by atoms with Crippen molar-refractivity contribution in [3.05, 3.63) is 70.7 Å². The standard InChI is InChI=1S/C21H20ClNO4/c1-27-19(24)11-17-18(20(25)15-7-9-16(22)10-8-15)13-23(21(17)26)12-14-5-3-2-4-6-14/h2-10,17-18H,11-13H2,1H3/t17-,18+/m0/s1. The maximum atomic E-state index is 13.0. The van der Waals surface area contributed by atoms with Gasteiger partial charge in [0, 0.05) is 23.7 Å². The van der Waals surface area contributed by atoms with E-state index in [2.05, 4.69) is 0 Å². The Morgan fingerprint density at radius 1 is 1.11 bits per heavy atom. The molecule has 2 aromatic rings. The molecule has 0 N–H and O–H groups in total. The molecule has 1 saturated heterocycles. The summed E-state index contributed by atoms with van der Waals surface area (Å²) < 4.78 is 4.73. The van der Waals surface area contributed by atoms with Gasteiger partial charge in [0.1, 0.15) is 0 Å². The summed E-state index contributed by atoms with van der Waals surface area (Å²) in [6.07, 6.45) is -0.107. The first-order chi connectivity index (χ1) is 13.0. The van der Waals surface area contributed by atoms with Gasteiger partial charge in [-0.1, -0.05) is 41.9 Å². The van der Waals surface area contributed by atoms with Crippen LogP contribution in [0.2, 0.25) is 5.02 Å². The smallest absolute Gasteiger partial charge is 0.306 e. The molecule has 1 amide bonds. The van der Waals surface area contributed by atoms with Crippen molar-refractivity contribution in [1.82, 2.24) is 4.90 Å². The summed E-state index contributed by atoms with van der Waals surface area (Å²) in [5.41, 5.74) is 1.45. The van der Waals surface area contributed by atoms with Gasteiger partial charge >= 0.3 is 5.97 Å². The SMILES string of the molecule is COC(=O)C[C@@H]1C(=O)N(Cc2ccccc2)C[C@H]1C(=O)c1ccc(Cl)cc1. The molecular formula is C21H20ClNO4. The molecule has 27 heavy (non-hydrogen) atoms. The van der Waals surface area contributed by atoms with Crippen molar-refractivity contribution in [3.8, 4) is 0 Å². The highest BCUT2D eigenvalue weighted by Gasteiger charge is 2.45. The third-order valence-electron chi connectivity index (χ3n) is 4.83. The number of rotatable bonds is 6. The maximum Gasteiger partial charge on any atom is 0.306 e. The Morgan fingerprint density at radius 2 is 1.78 bits per heavy atom. The zero-order valence-corrected chi connectivity index (χ0v) is 15.7. The number of methoxy groups -OCH3 is 1. The van der Waals surface area contributed by atoms with E-state index in [0.717, 1.165) is 5.56 Å². The Morgan fingerprint density at radius 3 is 2.41 bits per heavy atom. The Hall–Kier alpha value is -2.66. The molecule has 1 fully saturated rings. The van der Waals surface area contributed by atoms with Gasteiger partial charge in [-0.05, 0) is 29.8 Å². The minimum Gasteiger partial charge on any atom is -0.469 e. The van der Waals surface area contributed by atoms with Gasteiger partial charge in [-0.25, -0.2) is 0 Å². The zero-order valence-electron chi connectivity index (χ0n) is 14.9. The quantitative estimate of drug-likeness (QED) is 0.565. The third-order valence-corrected chi connectivity index (χ3v) is 5.08. The molecule has 6 heteroatoms. The van der Waals surface area contributed by atoms with Crippen LogP contribution in [-0.4, -0.2) is 36.2 Å². The van der Waals surface area contributed by atoms with E-state index in [4.69, 9.17) is 16.3 Å². The maximum absolute atomic E-state index is 13.0. The van der Waals surface area contributed by atoms with E-state index < -0.39 is 17.8 Å². The van der Waals surface area contributed by atoms with Gasteiger partial charge in [0.25, 0.3) is 0 Å². The molecule has 140 valence electrons. The molecule has 1 heterocycles.